The number of hydrogen-bond donors (Lipinski definition) is 1. The summed E-state index contributed by atoms with van der Waals surface area (Å²) in [6.45, 7) is 10.9. The zero-order chi connectivity index (χ0) is 12.0. The van der Waals surface area contributed by atoms with Crippen molar-refractivity contribution in [2.75, 3.05) is 6.54 Å². The Kier molecular flexibility index (Phi) is 5.00. The van der Waals surface area contributed by atoms with Crippen LogP contribution < -0.4 is 5.32 Å². The van der Waals surface area contributed by atoms with Crippen LogP contribution in [0.4, 0.5) is 0 Å². The normalized spacial score (nSPS) is 12.0. The molecule has 1 aromatic rings. The molecule has 0 fully saturated rings. The van der Waals surface area contributed by atoms with Crippen LogP contribution in [-0.4, -0.2) is 21.6 Å². The van der Waals surface area contributed by atoms with Gasteiger partial charge < -0.3 is 9.88 Å². The third kappa shape index (κ3) is 3.97. The van der Waals surface area contributed by atoms with E-state index in [2.05, 4.69) is 48.8 Å². The summed E-state index contributed by atoms with van der Waals surface area (Å²) in [5.74, 6) is 1.21. The highest BCUT2D eigenvalue weighted by atomic mass is 15.1. The molecule has 0 bridgehead atoms. The Balaban J connectivity index is 2.39. The Morgan fingerprint density at radius 3 is 2.75 bits per heavy atom. The smallest absolute Gasteiger partial charge is 0.108 e. The van der Waals surface area contributed by atoms with Gasteiger partial charge in [0.25, 0.3) is 0 Å². The van der Waals surface area contributed by atoms with E-state index in [0.29, 0.717) is 0 Å². The lowest BCUT2D eigenvalue weighted by Gasteiger charge is -2.24. The van der Waals surface area contributed by atoms with Crippen molar-refractivity contribution in [3.8, 4) is 0 Å². The number of aromatic nitrogens is 2. The summed E-state index contributed by atoms with van der Waals surface area (Å²) >= 11 is 0. The van der Waals surface area contributed by atoms with E-state index < -0.39 is 0 Å². The Morgan fingerprint density at radius 1 is 1.38 bits per heavy atom. The van der Waals surface area contributed by atoms with Crippen molar-refractivity contribution >= 4 is 0 Å². The Morgan fingerprint density at radius 2 is 2.12 bits per heavy atom. The van der Waals surface area contributed by atoms with E-state index in [0.717, 1.165) is 32.4 Å². The fourth-order valence-corrected chi connectivity index (χ4v) is 1.64. The topological polar surface area (TPSA) is 29.9 Å². The predicted molar refractivity (Wildman–Crippen MR) is 68.6 cm³/mol. The molecule has 0 unspecified atom stereocenters. The Bertz CT molecular complexity index is 302. The van der Waals surface area contributed by atoms with Gasteiger partial charge in [0.2, 0.25) is 0 Å². The second kappa shape index (κ2) is 6.04. The SMILES string of the molecule is CCCc1nccn1CCNC(C)(C)CC. The average Bonchev–Trinajstić information content (AvgIpc) is 2.66. The third-order valence-electron chi connectivity index (χ3n) is 3.12. The minimum Gasteiger partial charge on any atom is -0.334 e. The molecule has 1 heterocycles. The van der Waals surface area contributed by atoms with Crippen LogP contribution in [0.15, 0.2) is 12.4 Å². The quantitative estimate of drug-likeness (QED) is 0.770. The molecule has 0 amide bonds. The first-order valence-electron chi connectivity index (χ1n) is 6.34. The lowest BCUT2D eigenvalue weighted by atomic mass is 10.0. The molecule has 0 saturated carbocycles. The van der Waals surface area contributed by atoms with Gasteiger partial charge in [-0.3, -0.25) is 0 Å². The van der Waals surface area contributed by atoms with Gasteiger partial charge in [-0.15, -0.1) is 0 Å². The van der Waals surface area contributed by atoms with Gasteiger partial charge in [-0.1, -0.05) is 13.8 Å². The van der Waals surface area contributed by atoms with E-state index in [1.165, 1.54) is 5.82 Å². The summed E-state index contributed by atoms with van der Waals surface area (Å²) in [5.41, 5.74) is 0.242. The van der Waals surface area contributed by atoms with E-state index in [1.807, 2.05) is 6.20 Å². The Hall–Kier alpha value is -0.830. The maximum Gasteiger partial charge on any atom is 0.108 e. The van der Waals surface area contributed by atoms with Gasteiger partial charge >= 0.3 is 0 Å². The van der Waals surface area contributed by atoms with Gasteiger partial charge in [0, 0.05) is 37.4 Å². The predicted octanol–water partition coefficient (Wildman–Crippen LogP) is 2.61. The maximum absolute atomic E-state index is 4.38. The summed E-state index contributed by atoms with van der Waals surface area (Å²) in [6, 6.07) is 0. The number of hydrogen-bond acceptors (Lipinski definition) is 2. The van der Waals surface area contributed by atoms with Crippen LogP contribution in [0.2, 0.25) is 0 Å². The van der Waals surface area contributed by atoms with Gasteiger partial charge in [-0.25, -0.2) is 4.98 Å². The van der Waals surface area contributed by atoms with Crippen LogP contribution in [-0.2, 0) is 13.0 Å². The molecule has 0 spiro atoms. The number of rotatable bonds is 7. The molecule has 0 aliphatic heterocycles. The summed E-state index contributed by atoms with van der Waals surface area (Å²) in [6.07, 6.45) is 7.36. The van der Waals surface area contributed by atoms with Crippen molar-refractivity contribution in [3.05, 3.63) is 18.2 Å². The molecule has 16 heavy (non-hydrogen) atoms. The average molecular weight is 223 g/mol. The molecule has 1 N–H and O–H groups in total. The minimum atomic E-state index is 0.242. The second-order valence-corrected chi connectivity index (χ2v) is 4.95. The highest BCUT2D eigenvalue weighted by molar-refractivity contribution is 4.92. The number of nitrogens with one attached hydrogen (secondary N) is 1. The van der Waals surface area contributed by atoms with E-state index in [4.69, 9.17) is 0 Å². The van der Waals surface area contributed by atoms with Crippen molar-refractivity contribution in [2.24, 2.45) is 0 Å². The molecule has 0 saturated heterocycles. The van der Waals surface area contributed by atoms with Crippen molar-refractivity contribution in [1.82, 2.24) is 14.9 Å². The van der Waals surface area contributed by atoms with Crippen LogP contribution in [0.5, 0.6) is 0 Å². The molecule has 3 nitrogen and oxygen atoms in total. The van der Waals surface area contributed by atoms with Gasteiger partial charge in [0.05, 0.1) is 0 Å². The van der Waals surface area contributed by atoms with E-state index in [1.54, 1.807) is 0 Å². The van der Waals surface area contributed by atoms with Crippen molar-refractivity contribution < 1.29 is 0 Å². The largest absolute Gasteiger partial charge is 0.334 e. The molecule has 0 atom stereocenters. The van der Waals surface area contributed by atoms with Crippen LogP contribution >= 0.6 is 0 Å². The van der Waals surface area contributed by atoms with E-state index in [9.17, 15) is 0 Å². The van der Waals surface area contributed by atoms with Crippen LogP contribution in [0.25, 0.3) is 0 Å². The molecule has 0 aromatic carbocycles. The number of nitrogens with zero attached hydrogens (tertiary/aromatic N) is 2. The monoisotopic (exact) mass is 223 g/mol. The van der Waals surface area contributed by atoms with Crippen LogP contribution in [0, 0.1) is 0 Å². The zero-order valence-electron chi connectivity index (χ0n) is 11.1. The second-order valence-electron chi connectivity index (χ2n) is 4.95. The lowest BCUT2D eigenvalue weighted by molar-refractivity contribution is 0.366. The molecule has 0 aliphatic rings. The molecule has 92 valence electrons. The van der Waals surface area contributed by atoms with Gasteiger partial charge in [0.15, 0.2) is 0 Å². The van der Waals surface area contributed by atoms with Crippen molar-refractivity contribution in [1.29, 1.82) is 0 Å². The van der Waals surface area contributed by atoms with E-state index in [-0.39, 0.29) is 5.54 Å². The minimum absolute atomic E-state index is 0.242. The van der Waals surface area contributed by atoms with Gasteiger partial charge in [-0.05, 0) is 26.7 Å². The summed E-state index contributed by atoms with van der Waals surface area (Å²) in [5, 5.41) is 3.57. The van der Waals surface area contributed by atoms with Crippen molar-refractivity contribution in [2.45, 2.75) is 59.0 Å². The molecule has 0 aliphatic carbocycles. The summed E-state index contributed by atoms with van der Waals surface area (Å²) in [4.78, 5) is 4.38. The highest BCUT2D eigenvalue weighted by Gasteiger charge is 2.13. The zero-order valence-corrected chi connectivity index (χ0v) is 11.1. The Labute approximate surface area is 99.3 Å². The van der Waals surface area contributed by atoms with Crippen molar-refractivity contribution in [3.63, 3.8) is 0 Å². The first-order valence-corrected chi connectivity index (χ1v) is 6.34. The van der Waals surface area contributed by atoms with Crippen LogP contribution in [0.3, 0.4) is 0 Å². The van der Waals surface area contributed by atoms with E-state index >= 15 is 0 Å². The lowest BCUT2D eigenvalue weighted by Crippen LogP contribution is -2.40. The standard InChI is InChI=1S/C13H25N3/c1-5-7-12-14-8-10-16(12)11-9-15-13(3,4)6-2/h8,10,15H,5-7,9,11H2,1-4H3. The fourth-order valence-electron chi connectivity index (χ4n) is 1.64. The van der Waals surface area contributed by atoms with Crippen LogP contribution in [0.1, 0.15) is 46.4 Å². The van der Waals surface area contributed by atoms with Gasteiger partial charge in [0.1, 0.15) is 5.82 Å². The number of imidazole rings is 1. The molecule has 0 radical (unpaired) electrons. The molecule has 3 heteroatoms. The molecular weight excluding hydrogens is 198 g/mol. The first-order chi connectivity index (χ1) is 7.59. The summed E-state index contributed by atoms with van der Waals surface area (Å²) < 4.78 is 2.25. The fraction of sp³-hybridized carbons (Fsp3) is 0.769. The molecule has 1 aromatic heterocycles. The van der Waals surface area contributed by atoms with Gasteiger partial charge in [-0.2, -0.15) is 0 Å². The summed E-state index contributed by atoms with van der Waals surface area (Å²) in [7, 11) is 0. The molecule has 1 rings (SSSR count). The molecular formula is C13H25N3. The number of aryl methyl sites for hydroxylation is 1. The third-order valence-corrected chi connectivity index (χ3v) is 3.12. The first kappa shape index (κ1) is 13.2. The maximum atomic E-state index is 4.38. The highest BCUT2D eigenvalue weighted by Crippen LogP contribution is 2.06.